The molecule has 0 aromatic carbocycles. The maximum atomic E-state index is 12.1. The predicted molar refractivity (Wildman–Crippen MR) is 136 cm³/mol. The van der Waals surface area contributed by atoms with E-state index in [4.69, 9.17) is 13.9 Å². The Morgan fingerprint density at radius 3 is 2.06 bits per heavy atom. The third-order valence-electron chi connectivity index (χ3n) is 6.73. The number of aliphatic hydroxyl groups is 1. The van der Waals surface area contributed by atoms with Crippen molar-refractivity contribution in [3.63, 3.8) is 0 Å². The van der Waals surface area contributed by atoms with Crippen LogP contribution in [0, 0.1) is 17.3 Å². The summed E-state index contributed by atoms with van der Waals surface area (Å²) in [7, 11) is -0.367. The van der Waals surface area contributed by atoms with Crippen molar-refractivity contribution in [3.05, 3.63) is 12.2 Å². The van der Waals surface area contributed by atoms with Crippen molar-refractivity contribution in [2.45, 2.75) is 118 Å². The molecule has 0 spiro atoms. The van der Waals surface area contributed by atoms with Gasteiger partial charge in [-0.05, 0) is 51.7 Å². The zero-order valence-corrected chi connectivity index (χ0v) is 24.0. The molecule has 0 rings (SSSR count). The molecule has 0 aromatic rings. The molecule has 0 saturated carbocycles. The Bertz CT molecular complexity index is 574. The van der Waals surface area contributed by atoms with Crippen LogP contribution in [-0.4, -0.2) is 51.4 Å². The number of hydrogen-bond donors (Lipinski definition) is 1. The summed E-state index contributed by atoms with van der Waals surface area (Å²) >= 11 is 0. The van der Waals surface area contributed by atoms with Gasteiger partial charge in [0.2, 0.25) is 0 Å². The summed E-state index contributed by atoms with van der Waals surface area (Å²) < 4.78 is 18.1. The second-order valence-corrected chi connectivity index (χ2v) is 16.5. The summed E-state index contributed by atoms with van der Waals surface area (Å²) in [4.78, 5) is 12.1. The number of aliphatic hydroxyl groups excluding tert-OH is 1. The van der Waals surface area contributed by atoms with Gasteiger partial charge in [-0.15, -0.1) is 0 Å². The van der Waals surface area contributed by atoms with Crippen LogP contribution >= 0.6 is 0 Å². The van der Waals surface area contributed by atoms with E-state index in [9.17, 15) is 9.90 Å². The van der Waals surface area contributed by atoms with Crippen LogP contribution in [0.4, 0.5) is 0 Å². The number of carbonyl (C=O) groups excluding carboxylic acids is 1. The molecule has 0 aliphatic rings. The third-order valence-corrected chi connectivity index (χ3v) is 11.2. The van der Waals surface area contributed by atoms with Crippen LogP contribution < -0.4 is 0 Å². The fraction of sp³-hybridized carbons (Fsp3) is 0.885. The topological polar surface area (TPSA) is 65.0 Å². The average Bonchev–Trinajstić information content (AvgIpc) is 2.66. The predicted octanol–water partition coefficient (Wildman–Crippen LogP) is 6.36. The Morgan fingerprint density at radius 1 is 1.06 bits per heavy atom. The van der Waals surface area contributed by atoms with Crippen molar-refractivity contribution in [3.8, 4) is 0 Å². The summed E-state index contributed by atoms with van der Waals surface area (Å²) in [6.45, 7) is 23.3. The maximum absolute atomic E-state index is 12.1. The van der Waals surface area contributed by atoms with Crippen LogP contribution in [0.2, 0.25) is 18.1 Å². The lowest BCUT2D eigenvalue weighted by Gasteiger charge is -2.43. The molecule has 0 amide bonds. The van der Waals surface area contributed by atoms with Crippen molar-refractivity contribution >= 4 is 14.3 Å². The van der Waals surface area contributed by atoms with Crippen LogP contribution in [0.3, 0.4) is 0 Å². The van der Waals surface area contributed by atoms with Crippen molar-refractivity contribution < 1.29 is 23.8 Å². The first kappa shape index (κ1) is 31.3. The van der Waals surface area contributed by atoms with Gasteiger partial charge in [0, 0.05) is 25.4 Å². The molecule has 0 saturated heterocycles. The van der Waals surface area contributed by atoms with Gasteiger partial charge in [0.25, 0.3) is 0 Å². The zero-order chi connectivity index (χ0) is 25.3. The van der Waals surface area contributed by atoms with E-state index in [0.717, 1.165) is 6.42 Å². The standard InChI is InChI=1S/C26H52O5Si/c1-13-14-15-19(2)21(27)18-23(31-32(11,12)26(7,8)9)20(3)22(29-10)16-17-30-24(28)25(4,5)6/h14-15,19-23,27H,13,16-18H2,1-12H3/b15-14+/t19-,20-,21+,22+,23+/m0/s1. The SMILES string of the molecule is CC/C=C/[C@H](C)[C@H](O)C[C@@H](O[Si](C)(C)C(C)(C)C)[C@@H](C)[C@@H](CCOC(=O)C(C)(C)C)OC. The Labute approximate surface area is 199 Å². The maximum Gasteiger partial charge on any atom is 0.311 e. The summed E-state index contributed by atoms with van der Waals surface area (Å²) in [6, 6.07) is 0. The van der Waals surface area contributed by atoms with Crippen LogP contribution in [0.1, 0.15) is 81.6 Å². The normalized spacial score (nSPS) is 18.3. The first-order valence-corrected chi connectivity index (χ1v) is 15.1. The van der Waals surface area contributed by atoms with Crippen LogP contribution in [0.25, 0.3) is 0 Å². The first-order chi connectivity index (χ1) is 14.5. The lowest BCUT2D eigenvalue weighted by atomic mass is 9.89. The molecule has 5 nitrogen and oxygen atoms in total. The summed E-state index contributed by atoms with van der Waals surface area (Å²) in [5, 5.41) is 11.0. The molecule has 1 N–H and O–H groups in total. The third kappa shape index (κ3) is 10.5. The Kier molecular flexibility index (Phi) is 13.0. The molecular weight excluding hydrogens is 420 g/mol. The van der Waals surface area contributed by atoms with Crippen molar-refractivity contribution in [1.82, 2.24) is 0 Å². The van der Waals surface area contributed by atoms with E-state index in [0.29, 0.717) is 19.4 Å². The monoisotopic (exact) mass is 472 g/mol. The van der Waals surface area contributed by atoms with E-state index in [-0.39, 0.29) is 35.1 Å². The van der Waals surface area contributed by atoms with E-state index in [1.54, 1.807) is 7.11 Å². The van der Waals surface area contributed by atoms with Crippen LogP contribution in [-0.2, 0) is 18.7 Å². The fourth-order valence-corrected chi connectivity index (χ4v) is 4.60. The number of esters is 1. The molecule has 0 radical (unpaired) electrons. The van der Waals surface area contributed by atoms with Crippen molar-refractivity contribution in [1.29, 1.82) is 0 Å². The molecule has 0 heterocycles. The van der Waals surface area contributed by atoms with Gasteiger partial charge in [0.05, 0.1) is 30.3 Å². The fourth-order valence-electron chi connectivity index (χ4n) is 3.18. The van der Waals surface area contributed by atoms with Gasteiger partial charge < -0.3 is 19.0 Å². The van der Waals surface area contributed by atoms with Crippen LogP contribution in [0.5, 0.6) is 0 Å². The Hall–Kier alpha value is -0.693. The van der Waals surface area contributed by atoms with Gasteiger partial charge in [-0.25, -0.2) is 0 Å². The molecule has 0 aromatic heterocycles. The minimum absolute atomic E-state index is 0.0412. The minimum Gasteiger partial charge on any atom is -0.465 e. The lowest BCUT2D eigenvalue weighted by molar-refractivity contribution is -0.154. The van der Waals surface area contributed by atoms with Gasteiger partial charge in [0.1, 0.15) is 0 Å². The molecular formula is C26H52O5Si. The minimum atomic E-state index is -2.06. The number of ether oxygens (including phenoxy) is 2. The van der Waals surface area contributed by atoms with Gasteiger partial charge in [0.15, 0.2) is 8.32 Å². The smallest absolute Gasteiger partial charge is 0.311 e. The van der Waals surface area contributed by atoms with Gasteiger partial charge in [-0.3, -0.25) is 4.79 Å². The van der Waals surface area contributed by atoms with E-state index in [1.165, 1.54) is 0 Å². The van der Waals surface area contributed by atoms with Gasteiger partial charge in [-0.1, -0.05) is 53.7 Å². The first-order valence-electron chi connectivity index (χ1n) is 12.2. The van der Waals surface area contributed by atoms with Gasteiger partial charge in [-0.2, -0.15) is 0 Å². The zero-order valence-electron chi connectivity index (χ0n) is 23.0. The summed E-state index contributed by atoms with van der Waals surface area (Å²) in [6.07, 6.45) is 5.50. The highest BCUT2D eigenvalue weighted by Crippen LogP contribution is 2.39. The molecule has 0 unspecified atom stereocenters. The van der Waals surface area contributed by atoms with Crippen molar-refractivity contribution in [2.24, 2.45) is 17.3 Å². The summed E-state index contributed by atoms with van der Waals surface area (Å²) in [5.41, 5.74) is -0.519. The molecule has 32 heavy (non-hydrogen) atoms. The largest absolute Gasteiger partial charge is 0.465 e. The molecule has 0 aliphatic carbocycles. The number of rotatable bonds is 13. The highest BCUT2D eigenvalue weighted by molar-refractivity contribution is 6.74. The number of methoxy groups -OCH3 is 1. The van der Waals surface area contributed by atoms with Gasteiger partial charge >= 0.3 is 5.97 Å². The Morgan fingerprint density at radius 2 is 1.62 bits per heavy atom. The van der Waals surface area contributed by atoms with Crippen molar-refractivity contribution in [2.75, 3.05) is 13.7 Å². The van der Waals surface area contributed by atoms with E-state index in [1.807, 2.05) is 27.7 Å². The molecule has 0 bridgehead atoms. The molecule has 0 fully saturated rings. The number of allylic oxidation sites excluding steroid dienone is 1. The molecule has 0 aliphatic heterocycles. The summed E-state index contributed by atoms with van der Waals surface area (Å²) in [5.74, 6) is -0.109. The second-order valence-electron chi connectivity index (χ2n) is 11.7. The molecule has 190 valence electrons. The molecule has 5 atom stereocenters. The van der Waals surface area contributed by atoms with Crippen LogP contribution in [0.15, 0.2) is 12.2 Å². The van der Waals surface area contributed by atoms with E-state index < -0.39 is 19.8 Å². The highest BCUT2D eigenvalue weighted by atomic mass is 28.4. The van der Waals surface area contributed by atoms with E-state index in [2.05, 4.69) is 59.9 Å². The highest BCUT2D eigenvalue weighted by Gasteiger charge is 2.42. The second kappa shape index (κ2) is 13.3. The Balaban J connectivity index is 5.50. The lowest BCUT2D eigenvalue weighted by Crippen LogP contribution is -2.48. The quantitative estimate of drug-likeness (QED) is 0.192. The number of carbonyl (C=O) groups is 1. The van der Waals surface area contributed by atoms with E-state index >= 15 is 0 Å². The average molecular weight is 473 g/mol. The molecule has 6 heteroatoms. The number of hydrogen-bond acceptors (Lipinski definition) is 5.